The van der Waals surface area contributed by atoms with Crippen LogP contribution in [0, 0.1) is 5.92 Å². The molecule has 130 valence electrons. The lowest BCUT2D eigenvalue weighted by molar-refractivity contribution is -0.137. The molecule has 2 fully saturated rings. The zero-order chi connectivity index (χ0) is 16.8. The summed E-state index contributed by atoms with van der Waals surface area (Å²) < 4.78 is 0. The van der Waals surface area contributed by atoms with E-state index >= 15 is 0 Å². The van der Waals surface area contributed by atoms with Crippen LogP contribution in [-0.2, 0) is 16.1 Å². The van der Waals surface area contributed by atoms with Crippen LogP contribution in [0.1, 0.15) is 31.2 Å². The Kier molecular flexibility index (Phi) is 5.86. The van der Waals surface area contributed by atoms with Gasteiger partial charge < -0.3 is 10.2 Å². The highest BCUT2D eigenvalue weighted by atomic mass is 16.2. The minimum absolute atomic E-state index is 0.0504. The van der Waals surface area contributed by atoms with Gasteiger partial charge >= 0.3 is 0 Å². The number of rotatable bonds is 5. The van der Waals surface area contributed by atoms with E-state index in [1.807, 2.05) is 35.2 Å². The summed E-state index contributed by atoms with van der Waals surface area (Å²) in [6, 6.07) is 9.93. The zero-order valence-corrected chi connectivity index (χ0v) is 14.2. The summed E-state index contributed by atoms with van der Waals surface area (Å²) in [5.41, 5.74) is 1.11. The van der Waals surface area contributed by atoms with Crippen molar-refractivity contribution in [3.63, 3.8) is 0 Å². The molecule has 5 heteroatoms. The fourth-order valence-electron chi connectivity index (χ4n) is 3.61. The molecule has 0 spiro atoms. The lowest BCUT2D eigenvalue weighted by Crippen LogP contribution is -2.52. The van der Waals surface area contributed by atoms with Gasteiger partial charge in [0, 0.05) is 38.6 Å². The molecule has 1 aromatic rings. The molecular formula is C19H27N3O2. The highest BCUT2D eigenvalue weighted by Crippen LogP contribution is 2.26. The molecule has 1 saturated carbocycles. The van der Waals surface area contributed by atoms with Gasteiger partial charge in [0.1, 0.15) is 0 Å². The lowest BCUT2D eigenvalue weighted by atomic mass is 10.1. The Balaban J connectivity index is 1.37. The fourth-order valence-corrected chi connectivity index (χ4v) is 3.61. The van der Waals surface area contributed by atoms with Crippen molar-refractivity contribution in [3.05, 3.63) is 35.9 Å². The first kappa shape index (κ1) is 17.0. The second-order valence-corrected chi connectivity index (χ2v) is 6.85. The minimum Gasteiger partial charge on any atom is -0.351 e. The van der Waals surface area contributed by atoms with Gasteiger partial charge in [0.25, 0.3) is 0 Å². The van der Waals surface area contributed by atoms with Crippen LogP contribution in [-0.4, -0.2) is 54.3 Å². The molecule has 1 heterocycles. The summed E-state index contributed by atoms with van der Waals surface area (Å²) >= 11 is 0. The van der Waals surface area contributed by atoms with Crippen molar-refractivity contribution < 1.29 is 9.59 Å². The number of hydrogen-bond acceptors (Lipinski definition) is 3. The molecule has 1 aromatic carbocycles. The Morgan fingerprint density at radius 3 is 2.33 bits per heavy atom. The maximum atomic E-state index is 12.4. The highest BCUT2D eigenvalue weighted by molar-refractivity contribution is 5.79. The topological polar surface area (TPSA) is 52.7 Å². The Bertz CT molecular complexity index is 547. The lowest BCUT2D eigenvalue weighted by Gasteiger charge is -2.35. The number of benzene rings is 1. The van der Waals surface area contributed by atoms with E-state index in [0.29, 0.717) is 19.0 Å². The van der Waals surface area contributed by atoms with E-state index in [9.17, 15) is 9.59 Å². The van der Waals surface area contributed by atoms with E-state index in [2.05, 4.69) is 10.2 Å². The number of carbonyl (C=O) groups is 2. The van der Waals surface area contributed by atoms with Gasteiger partial charge in [0.15, 0.2) is 0 Å². The molecule has 0 atom stereocenters. The molecule has 0 unspecified atom stereocenters. The molecule has 5 nitrogen and oxygen atoms in total. The molecular weight excluding hydrogens is 302 g/mol. The molecule has 0 radical (unpaired) electrons. The average molecular weight is 329 g/mol. The van der Waals surface area contributed by atoms with Crippen molar-refractivity contribution in [1.29, 1.82) is 0 Å². The van der Waals surface area contributed by atoms with Gasteiger partial charge in [-0.1, -0.05) is 43.2 Å². The summed E-state index contributed by atoms with van der Waals surface area (Å²) in [4.78, 5) is 28.6. The first-order valence-electron chi connectivity index (χ1n) is 9.04. The van der Waals surface area contributed by atoms with Gasteiger partial charge in [-0.05, 0) is 18.4 Å². The van der Waals surface area contributed by atoms with Gasteiger partial charge in [0.05, 0.1) is 6.54 Å². The third kappa shape index (κ3) is 4.57. The van der Waals surface area contributed by atoms with Crippen LogP contribution in [0.15, 0.2) is 30.3 Å². The van der Waals surface area contributed by atoms with Crippen LogP contribution < -0.4 is 5.32 Å². The van der Waals surface area contributed by atoms with Crippen molar-refractivity contribution in [2.45, 2.75) is 32.2 Å². The maximum Gasteiger partial charge on any atom is 0.234 e. The first-order valence-corrected chi connectivity index (χ1v) is 9.04. The van der Waals surface area contributed by atoms with E-state index in [0.717, 1.165) is 44.6 Å². The van der Waals surface area contributed by atoms with E-state index in [1.165, 1.54) is 12.8 Å². The van der Waals surface area contributed by atoms with Crippen molar-refractivity contribution in [3.8, 4) is 0 Å². The number of piperazine rings is 1. The normalized spacial score (nSPS) is 19.4. The van der Waals surface area contributed by atoms with Crippen LogP contribution in [0.3, 0.4) is 0 Å². The molecule has 3 rings (SSSR count). The molecule has 1 saturated heterocycles. The minimum atomic E-state index is 0.0504. The number of hydrogen-bond donors (Lipinski definition) is 1. The van der Waals surface area contributed by atoms with Crippen molar-refractivity contribution in [2.75, 3.05) is 32.7 Å². The van der Waals surface area contributed by atoms with E-state index < -0.39 is 0 Å². The van der Waals surface area contributed by atoms with Crippen molar-refractivity contribution >= 4 is 11.8 Å². The summed E-state index contributed by atoms with van der Waals surface area (Å²) in [7, 11) is 0. The van der Waals surface area contributed by atoms with Crippen LogP contribution >= 0.6 is 0 Å². The van der Waals surface area contributed by atoms with E-state index in [1.54, 1.807) is 0 Å². The summed E-state index contributed by atoms with van der Waals surface area (Å²) in [6.07, 6.45) is 4.50. The van der Waals surface area contributed by atoms with Crippen LogP contribution in [0.25, 0.3) is 0 Å². The summed E-state index contributed by atoms with van der Waals surface area (Å²) in [6.45, 7) is 4.06. The van der Waals surface area contributed by atoms with Crippen molar-refractivity contribution in [2.24, 2.45) is 5.92 Å². The van der Waals surface area contributed by atoms with Crippen molar-refractivity contribution in [1.82, 2.24) is 15.1 Å². The summed E-state index contributed by atoms with van der Waals surface area (Å²) in [5.74, 6) is 0.640. The number of carbonyl (C=O) groups excluding carboxylic acids is 2. The molecule has 1 aliphatic carbocycles. The van der Waals surface area contributed by atoms with Crippen LogP contribution in [0.4, 0.5) is 0 Å². The standard InChI is InChI=1S/C19H27N3O2/c23-18(20-14-16-6-2-1-3-7-16)15-21-10-12-22(13-11-21)19(24)17-8-4-5-9-17/h1-3,6-7,17H,4-5,8-15H2,(H,20,23). The third-order valence-corrected chi connectivity index (χ3v) is 5.09. The number of nitrogens with zero attached hydrogens (tertiary/aromatic N) is 2. The number of nitrogens with one attached hydrogen (secondary N) is 1. The van der Waals surface area contributed by atoms with Gasteiger partial charge in [-0.3, -0.25) is 14.5 Å². The third-order valence-electron chi connectivity index (χ3n) is 5.09. The molecule has 24 heavy (non-hydrogen) atoms. The predicted octanol–water partition coefficient (Wildman–Crippen LogP) is 1.64. The Morgan fingerprint density at radius 2 is 1.67 bits per heavy atom. The second-order valence-electron chi connectivity index (χ2n) is 6.85. The zero-order valence-electron chi connectivity index (χ0n) is 14.2. The molecule has 2 amide bonds. The molecule has 0 bridgehead atoms. The Labute approximate surface area is 144 Å². The van der Waals surface area contributed by atoms with E-state index in [4.69, 9.17) is 0 Å². The van der Waals surface area contributed by atoms with Gasteiger partial charge in [-0.2, -0.15) is 0 Å². The van der Waals surface area contributed by atoms with Crippen LogP contribution in [0.2, 0.25) is 0 Å². The van der Waals surface area contributed by atoms with Gasteiger partial charge in [-0.15, -0.1) is 0 Å². The predicted molar refractivity (Wildman–Crippen MR) is 93.3 cm³/mol. The Morgan fingerprint density at radius 1 is 1.00 bits per heavy atom. The molecule has 0 aromatic heterocycles. The quantitative estimate of drug-likeness (QED) is 0.893. The van der Waals surface area contributed by atoms with Gasteiger partial charge in [0.2, 0.25) is 11.8 Å². The monoisotopic (exact) mass is 329 g/mol. The highest BCUT2D eigenvalue weighted by Gasteiger charge is 2.29. The second kappa shape index (κ2) is 8.29. The maximum absolute atomic E-state index is 12.4. The van der Waals surface area contributed by atoms with Crippen LogP contribution in [0.5, 0.6) is 0 Å². The number of amides is 2. The molecule has 1 aliphatic heterocycles. The Hall–Kier alpha value is -1.88. The van der Waals surface area contributed by atoms with E-state index in [-0.39, 0.29) is 11.8 Å². The first-order chi connectivity index (χ1) is 11.7. The summed E-state index contributed by atoms with van der Waals surface area (Å²) in [5, 5.41) is 2.96. The SMILES string of the molecule is O=C(CN1CCN(C(=O)C2CCCC2)CC1)NCc1ccccc1. The largest absolute Gasteiger partial charge is 0.351 e. The van der Waals surface area contributed by atoms with Gasteiger partial charge in [-0.25, -0.2) is 0 Å². The fraction of sp³-hybridized carbons (Fsp3) is 0.579. The molecule has 1 N–H and O–H groups in total. The smallest absolute Gasteiger partial charge is 0.234 e. The molecule has 2 aliphatic rings. The average Bonchev–Trinajstić information content (AvgIpc) is 3.16.